The van der Waals surface area contributed by atoms with Crippen molar-refractivity contribution in [3.05, 3.63) is 0 Å². The molecule has 1 saturated heterocycles. The summed E-state index contributed by atoms with van der Waals surface area (Å²) in [6.45, 7) is 7.33. The van der Waals surface area contributed by atoms with E-state index in [0.29, 0.717) is 17.4 Å². The van der Waals surface area contributed by atoms with Gasteiger partial charge in [-0.3, -0.25) is 10.1 Å². The zero-order valence-corrected chi connectivity index (χ0v) is 9.34. The normalized spacial score (nSPS) is 35.9. The Bertz CT molecular complexity index is 250. The molecule has 14 heavy (non-hydrogen) atoms. The van der Waals surface area contributed by atoms with Crippen LogP contribution in [-0.2, 0) is 4.79 Å². The molecule has 2 unspecified atom stereocenters. The summed E-state index contributed by atoms with van der Waals surface area (Å²) in [7, 11) is 0. The van der Waals surface area contributed by atoms with E-state index in [1.165, 1.54) is 12.8 Å². The quantitative estimate of drug-likeness (QED) is 0.723. The van der Waals surface area contributed by atoms with E-state index >= 15 is 0 Å². The summed E-state index contributed by atoms with van der Waals surface area (Å²) < 4.78 is 0. The second kappa shape index (κ2) is 3.23. The van der Waals surface area contributed by atoms with Crippen molar-refractivity contribution in [3.8, 4) is 0 Å². The molecule has 0 radical (unpaired) electrons. The van der Waals surface area contributed by atoms with Gasteiger partial charge in [0, 0.05) is 6.04 Å². The van der Waals surface area contributed by atoms with Gasteiger partial charge >= 0.3 is 0 Å². The molecule has 1 saturated carbocycles. The molecule has 2 fully saturated rings. The number of rotatable bonds is 2. The summed E-state index contributed by atoms with van der Waals surface area (Å²) in [5.41, 5.74) is 0.333. The lowest BCUT2D eigenvalue weighted by molar-refractivity contribution is -0.136. The highest BCUT2D eigenvalue weighted by Gasteiger charge is 2.46. The Kier molecular flexibility index (Phi) is 2.30. The van der Waals surface area contributed by atoms with Crippen molar-refractivity contribution >= 4 is 5.91 Å². The first-order valence-electron chi connectivity index (χ1n) is 5.60. The fourth-order valence-corrected chi connectivity index (χ4v) is 2.59. The molecule has 0 bridgehead atoms. The number of carbonyl (C=O) groups excluding carboxylic acids is 1. The molecule has 0 aromatic heterocycles. The van der Waals surface area contributed by atoms with Crippen LogP contribution in [0, 0.1) is 5.41 Å². The van der Waals surface area contributed by atoms with Gasteiger partial charge in [0.05, 0.1) is 12.7 Å². The number of amides is 1. The summed E-state index contributed by atoms with van der Waals surface area (Å²) >= 11 is 0. The molecule has 0 aromatic rings. The SMILES string of the molecule is CCC1NCN(C2CCC2(C)C)C1=O. The van der Waals surface area contributed by atoms with Crippen molar-refractivity contribution in [3.63, 3.8) is 0 Å². The topological polar surface area (TPSA) is 32.3 Å². The predicted octanol–water partition coefficient (Wildman–Crippen LogP) is 1.34. The van der Waals surface area contributed by atoms with Crippen LogP contribution in [0.2, 0.25) is 0 Å². The molecule has 80 valence electrons. The summed E-state index contributed by atoms with van der Waals surface area (Å²) in [5, 5.41) is 3.27. The maximum Gasteiger partial charge on any atom is 0.241 e. The molecule has 2 rings (SSSR count). The van der Waals surface area contributed by atoms with Gasteiger partial charge in [-0.15, -0.1) is 0 Å². The zero-order valence-electron chi connectivity index (χ0n) is 9.34. The van der Waals surface area contributed by atoms with Crippen LogP contribution < -0.4 is 5.32 Å². The molecule has 1 N–H and O–H groups in total. The van der Waals surface area contributed by atoms with Gasteiger partial charge in [0.25, 0.3) is 0 Å². The average molecular weight is 196 g/mol. The van der Waals surface area contributed by atoms with Crippen LogP contribution in [0.25, 0.3) is 0 Å². The lowest BCUT2D eigenvalue weighted by Gasteiger charge is -2.49. The lowest BCUT2D eigenvalue weighted by Crippen LogP contribution is -2.53. The number of nitrogens with one attached hydrogen (secondary N) is 1. The van der Waals surface area contributed by atoms with Crippen LogP contribution >= 0.6 is 0 Å². The largest absolute Gasteiger partial charge is 0.325 e. The smallest absolute Gasteiger partial charge is 0.241 e. The van der Waals surface area contributed by atoms with Crippen LogP contribution in [0.1, 0.15) is 40.0 Å². The molecule has 2 atom stereocenters. The first-order valence-corrected chi connectivity index (χ1v) is 5.60. The maximum absolute atomic E-state index is 11.9. The monoisotopic (exact) mass is 196 g/mol. The Morgan fingerprint density at radius 3 is 2.64 bits per heavy atom. The van der Waals surface area contributed by atoms with Crippen molar-refractivity contribution in [1.82, 2.24) is 10.2 Å². The molecule has 1 heterocycles. The van der Waals surface area contributed by atoms with Gasteiger partial charge in [0.15, 0.2) is 0 Å². The van der Waals surface area contributed by atoms with Gasteiger partial charge in [0.2, 0.25) is 5.91 Å². The van der Waals surface area contributed by atoms with Crippen LogP contribution in [-0.4, -0.2) is 29.6 Å². The lowest BCUT2D eigenvalue weighted by atomic mass is 9.66. The molecule has 1 aliphatic carbocycles. The molecule has 3 heteroatoms. The first-order chi connectivity index (χ1) is 6.56. The van der Waals surface area contributed by atoms with Gasteiger partial charge in [0.1, 0.15) is 0 Å². The van der Waals surface area contributed by atoms with Crippen molar-refractivity contribution in [2.24, 2.45) is 5.41 Å². The van der Waals surface area contributed by atoms with E-state index in [9.17, 15) is 4.79 Å². The van der Waals surface area contributed by atoms with Crippen LogP contribution in [0.4, 0.5) is 0 Å². The molecule has 0 aromatic carbocycles. The molecule has 1 amide bonds. The minimum atomic E-state index is 0.0754. The summed E-state index contributed by atoms with van der Waals surface area (Å²) in [6.07, 6.45) is 3.33. The Morgan fingerprint density at radius 1 is 1.57 bits per heavy atom. The number of nitrogens with zero attached hydrogens (tertiary/aromatic N) is 1. The van der Waals surface area contributed by atoms with Gasteiger partial charge in [-0.1, -0.05) is 20.8 Å². The van der Waals surface area contributed by atoms with Crippen LogP contribution in [0.5, 0.6) is 0 Å². The third kappa shape index (κ3) is 1.34. The van der Waals surface area contributed by atoms with Gasteiger partial charge in [-0.05, 0) is 24.7 Å². The Balaban J connectivity index is 2.04. The van der Waals surface area contributed by atoms with Crippen LogP contribution in [0.15, 0.2) is 0 Å². The number of hydrogen-bond acceptors (Lipinski definition) is 2. The highest BCUT2D eigenvalue weighted by Crippen LogP contribution is 2.44. The fourth-order valence-electron chi connectivity index (χ4n) is 2.59. The van der Waals surface area contributed by atoms with Crippen LogP contribution in [0.3, 0.4) is 0 Å². The summed E-state index contributed by atoms with van der Waals surface area (Å²) in [6, 6.07) is 0.547. The third-order valence-electron chi connectivity index (χ3n) is 3.84. The van der Waals surface area contributed by atoms with Gasteiger partial charge < -0.3 is 4.90 Å². The highest BCUT2D eigenvalue weighted by atomic mass is 16.2. The van der Waals surface area contributed by atoms with E-state index in [1.54, 1.807) is 0 Å². The number of hydrogen-bond donors (Lipinski definition) is 1. The molecule has 2 aliphatic rings. The number of carbonyl (C=O) groups is 1. The summed E-state index contributed by atoms with van der Waals surface area (Å²) in [4.78, 5) is 14.0. The highest BCUT2D eigenvalue weighted by molar-refractivity contribution is 5.84. The molecular weight excluding hydrogens is 176 g/mol. The van der Waals surface area contributed by atoms with Crippen molar-refractivity contribution in [2.45, 2.75) is 52.1 Å². The first kappa shape index (κ1) is 9.97. The van der Waals surface area contributed by atoms with E-state index in [1.807, 2.05) is 4.90 Å². The van der Waals surface area contributed by atoms with Crippen molar-refractivity contribution in [1.29, 1.82) is 0 Å². The summed E-state index contributed by atoms with van der Waals surface area (Å²) in [5.74, 6) is 0.310. The second-order valence-electron chi connectivity index (χ2n) is 5.17. The minimum absolute atomic E-state index is 0.0754. The second-order valence-corrected chi connectivity index (χ2v) is 5.17. The van der Waals surface area contributed by atoms with Gasteiger partial charge in [-0.2, -0.15) is 0 Å². The van der Waals surface area contributed by atoms with Crippen molar-refractivity contribution < 1.29 is 4.79 Å². The van der Waals surface area contributed by atoms with E-state index in [2.05, 4.69) is 26.1 Å². The Morgan fingerprint density at radius 2 is 2.29 bits per heavy atom. The minimum Gasteiger partial charge on any atom is -0.325 e. The molecular formula is C11H20N2O. The van der Waals surface area contributed by atoms with E-state index in [4.69, 9.17) is 0 Å². The Hall–Kier alpha value is -0.570. The Labute approximate surface area is 85.8 Å². The maximum atomic E-state index is 11.9. The zero-order chi connectivity index (χ0) is 10.3. The average Bonchev–Trinajstić information content (AvgIpc) is 2.47. The van der Waals surface area contributed by atoms with Crippen molar-refractivity contribution in [2.75, 3.05) is 6.67 Å². The third-order valence-corrected chi connectivity index (χ3v) is 3.84. The van der Waals surface area contributed by atoms with E-state index in [-0.39, 0.29) is 6.04 Å². The molecule has 0 spiro atoms. The standard InChI is InChI=1S/C11H20N2O/c1-4-8-10(14)13(7-12-8)9-5-6-11(9,2)3/h8-9,12H,4-7H2,1-3H3. The fraction of sp³-hybridized carbons (Fsp3) is 0.909. The van der Waals surface area contributed by atoms with Gasteiger partial charge in [-0.25, -0.2) is 0 Å². The molecule has 3 nitrogen and oxygen atoms in total. The predicted molar refractivity (Wildman–Crippen MR) is 55.7 cm³/mol. The van der Waals surface area contributed by atoms with E-state index in [0.717, 1.165) is 13.1 Å². The van der Waals surface area contributed by atoms with E-state index < -0.39 is 0 Å². The molecule has 1 aliphatic heterocycles.